The van der Waals surface area contributed by atoms with Crippen LogP contribution in [0.1, 0.15) is 25.8 Å². The van der Waals surface area contributed by atoms with Crippen LogP contribution >= 0.6 is 0 Å². The Morgan fingerprint density at radius 3 is 2.60 bits per heavy atom. The molecule has 0 spiro atoms. The van der Waals surface area contributed by atoms with Gasteiger partial charge in [0.1, 0.15) is 5.82 Å². The molecule has 1 aromatic rings. The lowest BCUT2D eigenvalue weighted by Crippen LogP contribution is -2.38. The van der Waals surface area contributed by atoms with Crippen LogP contribution in [0.2, 0.25) is 0 Å². The van der Waals surface area contributed by atoms with Gasteiger partial charge in [0.25, 0.3) is 0 Å². The molecule has 6 nitrogen and oxygen atoms in total. The number of hydrogen-bond acceptors (Lipinski definition) is 3. The topological polar surface area (TPSA) is 83.1 Å². The summed E-state index contributed by atoms with van der Waals surface area (Å²) in [6, 6.07) is 3.37. The van der Waals surface area contributed by atoms with E-state index < -0.39 is 0 Å². The van der Waals surface area contributed by atoms with Crippen LogP contribution in [0.3, 0.4) is 0 Å². The average Bonchev–Trinajstić information content (AvgIpc) is 2.39. The first-order valence-corrected chi connectivity index (χ1v) is 6.71. The fourth-order valence-electron chi connectivity index (χ4n) is 1.40. The number of hydrogen-bond donors (Lipinski definition) is 3. The Morgan fingerprint density at radius 1 is 1.25 bits per heavy atom. The van der Waals surface area contributed by atoms with E-state index >= 15 is 0 Å². The maximum absolute atomic E-state index is 11.6. The second-order valence-electron chi connectivity index (χ2n) is 5.05. The minimum absolute atomic E-state index is 0.175. The molecule has 0 bridgehead atoms. The van der Waals surface area contributed by atoms with Crippen molar-refractivity contribution in [1.29, 1.82) is 0 Å². The van der Waals surface area contributed by atoms with Crippen molar-refractivity contribution in [3.05, 3.63) is 23.9 Å². The van der Waals surface area contributed by atoms with Crippen LogP contribution in [0, 0.1) is 12.8 Å². The molecule has 0 saturated carbocycles. The number of urea groups is 1. The van der Waals surface area contributed by atoms with Crippen LogP contribution in [0.4, 0.5) is 10.6 Å². The molecule has 1 rings (SSSR count). The minimum Gasteiger partial charge on any atom is -0.338 e. The predicted molar refractivity (Wildman–Crippen MR) is 78.5 cm³/mol. The minimum atomic E-state index is -0.250. The van der Waals surface area contributed by atoms with Gasteiger partial charge in [0.2, 0.25) is 5.91 Å². The van der Waals surface area contributed by atoms with Crippen molar-refractivity contribution >= 4 is 17.8 Å². The number of pyridine rings is 1. The van der Waals surface area contributed by atoms with Crippen molar-refractivity contribution in [3.8, 4) is 0 Å². The highest BCUT2D eigenvalue weighted by molar-refractivity contribution is 5.90. The van der Waals surface area contributed by atoms with Crippen LogP contribution in [0.25, 0.3) is 0 Å². The van der Waals surface area contributed by atoms with E-state index in [2.05, 4.69) is 20.9 Å². The third-order valence-corrected chi connectivity index (χ3v) is 2.49. The van der Waals surface area contributed by atoms with Crippen LogP contribution in [0.15, 0.2) is 18.3 Å². The molecule has 0 fully saturated rings. The Hall–Kier alpha value is -2.11. The second kappa shape index (κ2) is 8.14. The van der Waals surface area contributed by atoms with Crippen LogP contribution < -0.4 is 16.0 Å². The van der Waals surface area contributed by atoms with E-state index in [9.17, 15) is 9.59 Å². The van der Waals surface area contributed by atoms with Gasteiger partial charge >= 0.3 is 6.03 Å². The smallest absolute Gasteiger partial charge is 0.314 e. The zero-order valence-corrected chi connectivity index (χ0v) is 12.2. The van der Waals surface area contributed by atoms with Gasteiger partial charge in [-0.3, -0.25) is 4.79 Å². The van der Waals surface area contributed by atoms with E-state index in [1.54, 1.807) is 12.3 Å². The third-order valence-electron chi connectivity index (χ3n) is 2.49. The summed E-state index contributed by atoms with van der Waals surface area (Å²) >= 11 is 0. The fourth-order valence-corrected chi connectivity index (χ4v) is 1.40. The maximum Gasteiger partial charge on any atom is 0.314 e. The molecule has 0 atom stereocenters. The Balaban J connectivity index is 2.20. The molecule has 6 heteroatoms. The van der Waals surface area contributed by atoms with E-state index in [1.807, 2.05) is 26.8 Å². The molecule has 0 aliphatic carbocycles. The Labute approximate surface area is 119 Å². The number of carbonyl (C=O) groups is 2. The molecule has 0 unspecified atom stereocenters. The number of carbonyl (C=O) groups excluding carboxylic acids is 2. The fraction of sp³-hybridized carbons (Fsp3) is 0.500. The molecular formula is C14H22N4O2. The number of anilines is 1. The first-order valence-electron chi connectivity index (χ1n) is 6.71. The van der Waals surface area contributed by atoms with Gasteiger partial charge in [0, 0.05) is 25.7 Å². The Morgan fingerprint density at radius 2 is 2.00 bits per heavy atom. The van der Waals surface area contributed by atoms with Crippen molar-refractivity contribution in [1.82, 2.24) is 15.6 Å². The molecule has 0 aliphatic rings. The highest BCUT2D eigenvalue weighted by atomic mass is 16.2. The summed E-state index contributed by atoms with van der Waals surface area (Å²) in [4.78, 5) is 27.1. The largest absolute Gasteiger partial charge is 0.338 e. The molecule has 3 amide bonds. The molecule has 0 saturated heterocycles. The summed E-state index contributed by atoms with van der Waals surface area (Å²) in [5.41, 5.74) is 1.03. The highest BCUT2D eigenvalue weighted by Crippen LogP contribution is 2.03. The molecule has 110 valence electrons. The molecule has 20 heavy (non-hydrogen) atoms. The van der Waals surface area contributed by atoms with E-state index in [0.717, 1.165) is 5.56 Å². The van der Waals surface area contributed by atoms with Gasteiger partial charge in [-0.25, -0.2) is 9.78 Å². The first kappa shape index (κ1) is 15.9. The highest BCUT2D eigenvalue weighted by Gasteiger charge is 2.05. The second-order valence-corrected chi connectivity index (χ2v) is 5.05. The summed E-state index contributed by atoms with van der Waals surface area (Å²) in [6.45, 7) is 6.87. The van der Waals surface area contributed by atoms with Crippen molar-refractivity contribution < 1.29 is 9.59 Å². The van der Waals surface area contributed by atoms with Gasteiger partial charge in [-0.05, 0) is 24.5 Å². The number of amides is 3. The van der Waals surface area contributed by atoms with E-state index in [0.29, 0.717) is 24.8 Å². The van der Waals surface area contributed by atoms with Crippen molar-refractivity contribution in [3.63, 3.8) is 0 Å². The molecule has 0 aromatic carbocycles. The van der Waals surface area contributed by atoms with E-state index in [-0.39, 0.29) is 18.4 Å². The summed E-state index contributed by atoms with van der Waals surface area (Å²) < 4.78 is 0. The first-order chi connectivity index (χ1) is 9.47. The van der Waals surface area contributed by atoms with Gasteiger partial charge in [-0.1, -0.05) is 19.9 Å². The lowest BCUT2D eigenvalue weighted by atomic mass is 10.2. The lowest BCUT2D eigenvalue weighted by Gasteiger charge is -2.09. The van der Waals surface area contributed by atoms with Crippen molar-refractivity contribution in [2.45, 2.75) is 27.2 Å². The standard InChI is InChI=1S/C14H22N4O2/c1-10(2)8-17-14(20)15-7-6-13(19)18-12-5-4-11(3)9-16-12/h4-5,9-10H,6-8H2,1-3H3,(H2,15,17,20)(H,16,18,19). The SMILES string of the molecule is Cc1ccc(NC(=O)CCNC(=O)NCC(C)C)nc1. The summed E-state index contributed by atoms with van der Waals surface area (Å²) in [5, 5.41) is 8.02. The molecular weight excluding hydrogens is 256 g/mol. The predicted octanol–water partition coefficient (Wildman–Crippen LogP) is 1.67. The maximum atomic E-state index is 11.6. The van der Waals surface area contributed by atoms with Crippen LogP contribution in [-0.4, -0.2) is 30.0 Å². The van der Waals surface area contributed by atoms with Crippen LogP contribution in [-0.2, 0) is 4.79 Å². The molecule has 0 radical (unpaired) electrons. The monoisotopic (exact) mass is 278 g/mol. The molecule has 1 aromatic heterocycles. The number of aryl methyl sites for hydroxylation is 1. The molecule has 0 aliphatic heterocycles. The average molecular weight is 278 g/mol. The van der Waals surface area contributed by atoms with Gasteiger partial charge in [0.15, 0.2) is 0 Å². The summed E-state index contributed by atoms with van der Waals surface area (Å²) in [5.74, 6) is 0.743. The van der Waals surface area contributed by atoms with E-state index in [4.69, 9.17) is 0 Å². The number of nitrogens with one attached hydrogen (secondary N) is 3. The quantitative estimate of drug-likeness (QED) is 0.740. The third kappa shape index (κ3) is 6.72. The number of aromatic nitrogens is 1. The zero-order valence-electron chi connectivity index (χ0n) is 12.2. The number of rotatable bonds is 6. The van der Waals surface area contributed by atoms with Gasteiger partial charge in [0.05, 0.1) is 0 Å². The van der Waals surface area contributed by atoms with Gasteiger partial charge < -0.3 is 16.0 Å². The molecule has 1 heterocycles. The van der Waals surface area contributed by atoms with Crippen LogP contribution in [0.5, 0.6) is 0 Å². The summed E-state index contributed by atoms with van der Waals surface area (Å²) in [7, 11) is 0. The molecule has 3 N–H and O–H groups in total. The van der Waals surface area contributed by atoms with E-state index in [1.165, 1.54) is 0 Å². The van der Waals surface area contributed by atoms with Gasteiger partial charge in [-0.15, -0.1) is 0 Å². The van der Waals surface area contributed by atoms with Crippen molar-refractivity contribution in [2.24, 2.45) is 5.92 Å². The normalized spacial score (nSPS) is 10.2. The Kier molecular flexibility index (Phi) is 6.49. The Bertz CT molecular complexity index is 443. The van der Waals surface area contributed by atoms with Crippen molar-refractivity contribution in [2.75, 3.05) is 18.4 Å². The lowest BCUT2D eigenvalue weighted by molar-refractivity contribution is -0.116. The summed E-state index contributed by atoms with van der Waals surface area (Å²) in [6.07, 6.45) is 1.90. The number of nitrogens with zero attached hydrogens (tertiary/aromatic N) is 1. The van der Waals surface area contributed by atoms with Gasteiger partial charge in [-0.2, -0.15) is 0 Å². The zero-order chi connectivity index (χ0) is 15.0.